The van der Waals surface area contributed by atoms with E-state index in [1.165, 1.54) is 5.56 Å². The molecule has 0 bridgehead atoms. The molecule has 0 spiro atoms. The molecule has 106 valence electrons. The normalized spacial score (nSPS) is 10.6. The van der Waals surface area contributed by atoms with E-state index in [1.807, 2.05) is 42.0 Å². The van der Waals surface area contributed by atoms with Crippen LogP contribution >= 0.6 is 0 Å². The number of carbonyl (C=O) groups excluding carboxylic acids is 1. The van der Waals surface area contributed by atoms with Crippen LogP contribution in [0.25, 0.3) is 0 Å². The summed E-state index contributed by atoms with van der Waals surface area (Å²) in [5.41, 5.74) is 9.12. The number of benzene rings is 1. The molecule has 4 heteroatoms. The van der Waals surface area contributed by atoms with Crippen molar-refractivity contribution >= 4 is 17.3 Å². The Morgan fingerprint density at radius 2 is 1.95 bits per heavy atom. The van der Waals surface area contributed by atoms with Gasteiger partial charge in [0.15, 0.2) is 0 Å². The lowest BCUT2D eigenvalue weighted by molar-refractivity contribution is 0.0984. The Morgan fingerprint density at radius 1 is 1.30 bits per heavy atom. The van der Waals surface area contributed by atoms with Crippen molar-refractivity contribution in [2.75, 3.05) is 17.7 Å². The number of aryl methyl sites for hydroxylation is 2. The predicted octanol–water partition coefficient (Wildman–Crippen LogP) is 3.07. The maximum absolute atomic E-state index is 12.6. The molecular formula is C16H21N3O. The number of hydrogen-bond donors (Lipinski definition) is 1. The lowest BCUT2D eigenvalue weighted by Gasteiger charge is -2.18. The molecule has 0 atom stereocenters. The Bertz CT molecular complexity index is 599. The quantitative estimate of drug-likeness (QED) is 0.929. The predicted molar refractivity (Wildman–Crippen MR) is 83.0 cm³/mol. The summed E-state index contributed by atoms with van der Waals surface area (Å²) in [5, 5.41) is 0. The Hall–Kier alpha value is -2.23. The highest BCUT2D eigenvalue weighted by Crippen LogP contribution is 2.19. The van der Waals surface area contributed by atoms with E-state index in [4.69, 9.17) is 5.73 Å². The maximum atomic E-state index is 12.6. The van der Waals surface area contributed by atoms with Gasteiger partial charge in [0.1, 0.15) is 5.69 Å². The van der Waals surface area contributed by atoms with Gasteiger partial charge >= 0.3 is 0 Å². The van der Waals surface area contributed by atoms with Gasteiger partial charge < -0.3 is 15.2 Å². The van der Waals surface area contributed by atoms with Crippen molar-refractivity contribution < 1.29 is 4.79 Å². The number of hydrogen-bond acceptors (Lipinski definition) is 2. The van der Waals surface area contributed by atoms with Gasteiger partial charge in [-0.2, -0.15) is 0 Å². The zero-order chi connectivity index (χ0) is 14.7. The molecule has 0 aliphatic carbocycles. The number of nitrogens with zero attached hydrogens (tertiary/aromatic N) is 2. The molecule has 0 aliphatic rings. The van der Waals surface area contributed by atoms with Crippen molar-refractivity contribution in [1.29, 1.82) is 0 Å². The van der Waals surface area contributed by atoms with Crippen molar-refractivity contribution in [3.63, 3.8) is 0 Å². The molecule has 0 fully saturated rings. The summed E-state index contributed by atoms with van der Waals surface area (Å²) in [7, 11) is 1.78. The first-order valence-electron chi connectivity index (χ1n) is 6.83. The van der Waals surface area contributed by atoms with Crippen LogP contribution in [0.5, 0.6) is 0 Å². The standard InChI is InChI=1S/C16H21N3O/c1-4-9-19-11-13(17)10-15(19)16(20)18(3)14-7-5-12(2)6-8-14/h5-8,10-11H,4,9,17H2,1-3H3. The van der Waals surface area contributed by atoms with Crippen LogP contribution in [-0.4, -0.2) is 17.5 Å². The van der Waals surface area contributed by atoms with E-state index in [1.54, 1.807) is 18.0 Å². The monoisotopic (exact) mass is 271 g/mol. The van der Waals surface area contributed by atoms with Crippen LogP contribution < -0.4 is 10.6 Å². The second-order valence-electron chi connectivity index (χ2n) is 5.05. The minimum absolute atomic E-state index is 0.0426. The first-order chi connectivity index (χ1) is 9.52. The molecule has 1 amide bonds. The Balaban J connectivity index is 2.28. The maximum Gasteiger partial charge on any atom is 0.274 e. The van der Waals surface area contributed by atoms with E-state index in [0.717, 1.165) is 18.7 Å². The number of carbonyl (C=O) groups is 1. The minimum atomic E-state index is -0.0426. The molecule has 1 aromatic heterocycles. The third-order valence-electron chi connectivity index (χ3n) is 3.33. The first-order valence-corrected chi connectivity index (χ1v) is 6.83. The molecule has 0 saturated carbocycles. The number of nitrogens with two attached hydrogens (primary N) is 1. The fourth-order valence-electron chi connectivity index (χ4n) is 2.20. The van der Waals surface area contributed by atoms with E-state index in [0.29, 0.717) is 11.4 Å². The Morgan fingerprint density at radius 3 is 2.55 bits per heavy atom. The van der Waals surface area contributed by atoms with E-state index in [2.05, 4.69) is 6.92 Å². The zero-order valence-electron chi connectivity index (χ0n) is 12.3. The number of nitrogen functional groups attached to an aromatic ring is 1. The molecule has 1 heterocycles. The van der Waals surface area contributed by atoms with Gasteiger partial charge in [0.25, 0.3) is 5.91 Å². The average Bonchev–Trinajstić information content (AvgIpc) is 2.79. The number of amides is 1. The summed E-state index contributed by atoms with van der Waals surface area (Å²) in [6.07, 6.45) is 2.78. The van der Waals surface area contributed by atoms with Gasteiger partial charge in [-0.25, -0.2) is 0 Å². The van der Waals surface area contributed by atoms with E-state index in [9.17, 15) is 4.79 Å². The smallest absolute Gasteiger partial charge is 0.274 e. The topological polar surface area (TPSA) is 51.3 Å². The number of rotatable bonds is 4. The lowest BCUT2D eigenvalue weighted by atomic mass is 10.2. The molecule has 2 rings (SSSR count). The second kappa shape index (κ2) is 5.82. The number of aromatic nitrogens is 1. The van der Waals surface area contributed by atoms with Gasteiger partial charge in [-0.05, 0) is 31.5 Å². The second-order valence-corrected chi connectivity index (χ2v) is 5.05. The highest BCUT2D eigenvalue weighted by Gasteiger charge is 2.18. The summed E-state index contributed by atoms with van der Waals surface area (Å²) in [4.78, 5) is 14.2. The number of anilines is 2. The summed E-state index contributed by atoms with van der Waals surface area (Å²) >= 11 is 0. The van der Waals surface area contributed by atoms with Crippen molar-refractivity contribution in [3.8, 4) is 0 Å². The van der Waals surface area contributed by atoms with Crippen LogP contribution in [0.1, 0.15) is 29.4 Å². The molecule has 1 aromatic carbocycles. The van der Waals surface area contributed by atoms with Gasteiger partial charge in [-0.3, -0.25) is 4.79 Å². The summed E-state index contributed by atoms with van der Waals surface area (Å²) < 4.78 is 1.92. The molecular weight excluding hydrogens is 250 g/mol. The SMILES string of the molecule is CCCn1cc(N)cc1C(=O)N(C)c1ccc(C)cc1. The van der Waals surface area contributed by atoms with E-state index in [-0.39, 0.29) is 5.91 Å². The average molecular weight is 271 g/mol. The summed E-state index contributed by atoms with van der Waals surface area (Å²) in [6, 6.07) is 9.63. The van der Waals surface area contributed by atoms with Crippen LogP contribution in [0.2, 0.25) is 0 Å². The molecule has 20 heavy (non-hydrogen) atoms. The van der Waals surface area contributed by atoms with Gasteiger partial charge in [-0.15, -0.1) is 0 Å². The third-order valence-corrected chi connectivity index (χ3v) is 3.33. The van der Waals surface area contributed by atoms with Crippen LogP contribution in [0.15, 0.2) is 36.5 Å². The zero-order valence-corrected chi connectivity index (χ0v) is 12.3. The minimum Gasteiger partial charge on any atom is -0.397 e. The van der Waals surface area contributed by atoms with Crippen molar-refractivity contribution in [1.82, 2.24) is 4.57 Å². The van der Waals surface area contributed by atoms with Crippen LogP contribution in [-0.2, 0) is 6.54 Å². The van der Waals surface area contributed by atoms with Crippen LogP contribution in [0, 0.1) is 6.92 Å². The first kappa shape index (κ1) is 14.2. The van der Waals surface area contributed by atoms with Crippen molar-refractivity contribution in [2.45, 2.75) is 26.8 Å². The Kier molecular flexibility index (Phi) is 4.13. The molecule has 0 aliphatic heterocycles. The summed E-state index contributed by atoms with van der Waals surface area (Å²) in [6.45, 7) is 4.90. The molecule has 2 N–H and O–H groups in total. The van der Waals surface area contributed by atoms with Gasteiger partial charge in [-0.1, -0.05) is 24.6 Å². The lowest BCUT2D eigenvalue weighted by Crippen LogP contribution is -2.28. The van der Waals surface area contributed by atoms with Gasteiger partial charge in [0.2, 0.25) is 0 Å². The highest BCUT2D eigenvalue weighted by molar-refractivity contribution is 6.05. The largest absolute Gasteiger partial charge is 0.397 e. The molecule has 4 nitrogen and oxygen atoms in total. The summed E-state index contributed by atoms with van der Waals surface area (Å²) in [5.74, 6) is -0.0426. The van der Waals surface area contributed by atoms with Gasteiger partial charge in [0, 0.05) is 25.5 Å². The van der Waals surface area contributed by atoms with Crippen LogP contribution in [0.3, 0.4) is 0 Å². The highest BCUT2D eigenvalue weighted by atomic mass is 16.2. The van der Waals surface area contributed by atoms with Crippen LogP contribution in [0.4, 0.5) is 11.4 Å². The van der Waals surface area contributed by atoms with E-state index < -0.39 is 0 Å². The van der Waals surface area contributed by atoms with Crippen molar-refractivity contribution in [2.24, 2.45) is 0 Å². The molecule has 2 aromatic rings. The molecule has 0 saturated heterocycles. The fourth-order valence-corrected chi connectivity index (χ4v) is 2.20. The molecule has 0 radical (unpaired) electrons. The van der Waals surface area contributed by atoms with E-state index >= 15 is 0 Å². The third kappa shape index (κ3) is 2.85. The molecule has 0 unspecified atom stereocenters. The fraction of sp³-hybridized carbons (Fsp3) is 0.312. The Labute approximate surface area is 119 Å². The van der Waals surface area contributed by atoms with Crippen molar-refractivity contribution in [3.05, 3.63) is 47.8 Å². The van der Waals surface area contributed by atoms with Gasteiger partial charge in [0.05, 0.1) is 5.69 Å².